The predicted molar refractivity (Wildman–Crippen MR) is 349 cm³/mol. The maximum atomic E-state index is 13.2. The summed E-state index contributed by atoms with van der Waals surface area (Å²) in [6, 6.07) is 0. The van der Waals surface area contributed by atoms with Crippen molar-refractivity contribution in [3.63, 3.8) is 0 Å². The monoisotopic (exact) mass is 1190 g/mol. The molecule has 0 radical (unpaired) electrons. The van der Waals surface area contributed by atoms with Crippen molar-refractivity contribution in [3.05, 3.63) is 85.1 Å². The second kappa shape index (κ2) is 60.2. The molecule has 0 saturated carbocycles. The van der Waals surface area contributed by atoms with Gasteiger partial charge in [0.15, 0.2) is 24.6 Å². The molecule has 0 aliphatic carbocycles. The molecule has 1 fully saturated rings. The van der Waals surface area contributed by atoms with E-state index in [2.05, 4.69) is 106 Å². The average Bonchev–Trinajstić information content (AvgIpc) is 3.53. The number of hydrogen-bond acceptors (Lipinski definition) is 11. The number of carbonyl (C=O) groups is 4. The van der Waals surface area contributed by atoms with E-state index in [-0.39, 0.29) is 25.9 Å². The van der Waals surface area contributed by atoms with Crippen molar-refractivity contribution >= 4 is 23.9 Å². The number of esters is 3. The highest BCUT2D eigenvalue weighted by Gasteiger charge is 2.50. The summed E-state index contributed by atoms with van der Waals surface area (Å²) in [6.07, 6.45) is 66.7. The van der Waals surface area contributed by atoms with E-state index in [4.69, 9.17) is 23.7 Å². The van der Waals surface area contributed by atoms with E-state index in [1.54, 1.807) is 0 Å². The molecule has 1 heterocycles. The van der Waals surface area contributed by atoms with Crippen LogP contribution in [-0.4, -0.2) is 89.2 Å². The quantitative estimate of drug-likeness (QED) is 0.0228. The van der Waals surface area contributed by atoms with Gasteiger partial charge in [-0.3, -0.25) is 14.4 Å². The SMILES string of the molecule is CC/C=C\C/C=C\C/C=C\CCCCCCCCCC(=O)OC(COC(=O)CCCCCCCCCCC/C=C\C/C=C\CCCCC)COC1OC(C(=O)O)C(O)C(O)C1OC(=O)CCCCCCCCCCC/C=C\C/C=C\CCCCC. The van der Waals surface area contributed by atoms with Crippen molar-refractivity contribution in [3.8, 4) is 0 Å². The number of carboxylic acids is 1. The summed E-state index contributed by atoms with van der Waals surface area (Å²) in [6.45, 7) is 5.87. The average molecular weight is 1190 g/mol. The number of aliphatic hydroxyl groups is 2. The molecule has 0 aromatic rings. The number of allylic oxidation sites excluding steroid dienone is 14. The fourth-order valence-corrected chi connectivity index (χ4v) is 10.2. The Balaban J connectivity index is 2.64. The van der Waals surface area contributed by atoms with Crippen LogP contribution in [0.25, 0.3) is 0 Å². The smallest absolute Gasteiger partial charge is 0.335 e. The minimum atomic E-state index is -1.91. The Morgan fingerprint density at radius 3 is 1.13 bits per heavy atom. The molecule has 3 N–H and O–H groups in total. The molecule has 0 bridgehead atoms. The van der Waals surface area contributed by atoms with E-state index in [1.165, 1.54) is 109 Å². The fourth-order valence-electron chi connectivity index (χ4n) is 10.2. The molecule has 1 rings (SSSR count). The first-order chi connectivity index (χ1) is 41.6. The highest BCUT2D eigenvalue weighted by atomic mass is 16.7. The summed E-state index contributed by atoms with van der Waals surface area (Å²) in [5, 5.41) is 31.7. The molecule has 0 aromatic carbocycles. The maximum Gasteiger partial charge on any atom is 0.335 e. The number of rotatable bonds is 59. The molecule has 0 aromatic heterocycles. The molecule has 1 saturated heterocycles. The normalized spacial score (nSPS) is 18.0. The zero-order chi connectivity index (χ0) is 61.7. The van der Waals surface area contributed by atoms with Gasteiger partial charge >= 0.3 is 23.9 Å². The number of aliphatic carboxylic acids is 1. The third kappa shape index (κ3) is 49.6. The van der Waals surface area contributed by atoms with Crippen LogP contribution < -0.4 is 0 Å². The Kier molecular flexibility index (Phi) is 55.9. The van der Waals surface area contributed by atoms with Gasteiger partial charge in [-0.05, 0) is 116 Å². The third-order valence-electron chi connectivity index (χ3n) is 15.4. The summed E-state index contributed by atoms with van der Waals surface area (Å²) < 4.78 is 28.6. The van der Waals surface area contributed by atoms with E-state index in [0.29, 0.717) is 19.3 Å². The van der Waals surface area contributed by atoms with Crippen molar-refractivity contribution in [1.29, 1.82) is 0 Å². The van der Waals surface area contributed by atoms with Gasteiger partial charge in [0.05, 0.1) is 6.61 Å². The maximum absolute atomic E-state index is 13.2. The van der Waals surface area contributed by atoms with Gasteiger partial charge in [0.25, 0.3) is 0 Å². The van der Waals surface area contributed by atoms with Gasteiger partial charge in [0, 0.05) is 19.3 Å². The lowest BCUT2D eigenvalue weighted by Crippen LogP contribution is -2.61. The summed E-state index contributed by atoms with van der Waals surface area (Å²) >= 11 is 0. The zero-order valence-corrected chi connectivity index (χ0v) is 54.1. The van der Waals surface area contributed by atoms with Gasteiger partial charge in [-0.1, -0.05) is 254 Å². The van der Waals surface area contributed by atoms with Gasteiger partial charge in [-0.15, -0.1) is 0 Å². The predicted octanol–water partition coefficient (Wildman–Crippen LogP) is 19.0. The first-order valence-corrected chi connectivity index (χ1v) is 34.6. The van der Waals surface area contributed by atoms with Gasteiger partial charge in [-0.25, -0.2) is 4.79 Å². The van der Waals surface area contributed by atoms with E-state index in [1.807, 2.05) is 0 Å². The highest BCUT2D eigenvalue weighted by molar-refractivity contribution is 5.74. The molecular formula is C73H124O12. The molecule has 1 aliphatic heterocycles. The van der Waals surface area contributed by atoms with Crippen molar-refractivity contribution in [2.45, 2.75) is 340 Å². The molecule has 6 unspecified atom stereocenters. The van der Waals surface area contributed by atoms with Gasteiger partial charge in [0.2, 0.25) is 0 Å². The standard InChI is InChI=1S/C73H124O12/c1-4-7-10-13-16-19-22-25-28-31-33-36-38-41-44-47-50-53-56-59-65(74)81-62-64(83-66(75)60-57-54-51-48-45-42-39-35-30-27-24-21-18-15-12-9-6-3)63-82-73-71(69(78)68(77)70(85-73)72(79)80)84-67(76)61-58-55-52-49-46-43-40-37-34-32-29-26-23-20-17-14-11-8-5-2/h9,12,16-21,25-30,64,68-71,73,77-78H,4-8,10-11,13-15,22-24,31-63H2,1-3H3,(H,79,80)/b12-9-,19-16-,20-17-,21-18-,28-25-,29-26-,30-27-. The van der Waals surface area contributed by atoms with Crippen LogP contribution in [0.1, 0.15) is 303 Å². The first-order valence-electron chi connectivity index (χ1n) is 34.6. The van der Waals surface area contributed by atoms with Crippen molar-refractivity contribution in [2.24, 2.45) is 0 Å². The molecule has 0 spiro atoms. The van der Waals surface area contributed by atoms with Crippen LogP contribution >= 0.6 is 0 Å². The Labute approximate surface area is 518 Å². The minimum absolute atomic E-state index is 0.0523. The second-order valence-corrected chi connectivity index (χ2v) is 23.4. The number of unbranched alkanes of at least 4 members (excludes halogenated alkanes) is 31. The van der Waals surface area contributed by atoms with Gasteiger partial charge in [-0.2, -0.15) is 0 Å². The van der Waals surface area contributed by atoms with Crippen LogP contribution in [0.15, 0.2) is 85.1 Å². The molecule has 488 valence electrons. The Morgan fingerprint density at radius 2 is 0.741 bits per heavy atom. The van der Waals surface area contributed by atoms with Crippen LogP contribution in [0.2, 0.25) is 0 Å². The fraction of sp³-hybridized carbons (Fsp3) is 0.753. The lowest BCUT2D eigenvalue weighted by molar-refractivity contribution is -0.301. The molecule has 1 aliphatic rings. The summed E-state index contributed by atoms with van der Waals surface area (Å²) in [5.41, 5.74) is 0. The highest BCUT2D eigenvalue weighted by Crippen LogP contribution is 2.27. The number of hydrogen-bond donors (Lipinski definition) is 3. The molecule has 6 atom stereocenters. The van der Waals surface area contributed by atoms with Crippen LogP contribution in [0.4, 0.5) is 0 Å². The molecule has 12 nitrogen and oxygen atoms in total. The van der Waals surface area contributed by atoms with E-state index in [0.717, 1.165) is 135 Å². The molecule has 0 amide bonds. The van der Waals surface area contributed by atoms with Crippen LogP contribution in [-0.2, 0) is 42.9 Å². The third-order valence-corrected chi connectivity index (χ3v) is 15.4. The summed E-state index contributed by atoms with van der Waals surface area (Å²) in [4.78, 5) is 51.5. The van der Waals surface area contributed by atoms with Gasteiger partial charge < -0.3 is 39.0 Å². The van der Waals surface area contributed by atoms with E-state index < -0.39 is 67.3 Å². The van der Waals surface area contributed by atoms with E-state index in [9.17, 15) is 34.5 Å². The van der Waals surface area contributed by atoms with Crippen LogP contribution in [0, 0.1) is 0 Å². The van der Waals surface area contributed by atoms with Crippen LogP contribution in [0.5, 0.6) is 0 Å². The minimum Gasteiger partial charge on any atom is -0.479 e. The molecule has 85 heavy (non-hydrogen) atoms. The zero-order valence-electron chi connectivity index (χ0n) is 54.1. The second-order valence-electron chi connectivity index (χ2n) is 23.4. The summed E-state index contributed by atoms with van der Waals surface area (Å²) in [5.74, 6) is -3.13. The lowest BCUT2D eigenvalue weighted by Gasteiger charge is -2.40. The Bertz CT molecular complexity index is 1800. The Morgan fingerprint density at radius 1 is 0.400 bits per heavy atom. The first kappa shape index (κ1) is 78.9. The number of aliphatic hydroxyl groups excluding tert-OH is 2. The van der Waals surface area contributed by atoms with Crippen molar-refractivity contribution in [2.75, 3.05) is 13.2 Å². The molecule has 12 heteroatoms. The molecular weight excluding hydrogens is 1070 g/mol. The number of carbonyl (C=O) groups excluding carboxylic acids is 3. The number of ether oxygens (including phenoxy) is 5. The van der Waals surface area contributed by atoms with Crippen LogP contribution in [0.3, 0.4) is 0 Å². The largest absolute Gasteiger partial charge is 0.479 e. The van der Waals surface area contributed by atoms with Crippen molar-refractivity contribution < 1.29 is 58.2 Å². The lowest BCUT2D eigenvalue weighted by atomic mass is 9.98. The topological polar surface area (TPSA) is 175 Å². The number of carboxylic acid groups (broad SMARTS) is 1. The Hall–Kier alpha value is -4.10. The van der Waals surface area contributed by atoms with Gasteiger partial charge in [0.1, 0.15) is 18.8 Å². The summed E-state index contributed by atoms with van der Waals surface area (Å²) in [7, 11) is 0. The van der Waals surface area contributed by atoms with Crippen molar-refractivity contribution in [1.82, 2.24) is 0 Å². The van der Waals surface area contributed by atoms with E-state index >= 15 is 0 Å².